The molecular weight excluding hydrogens is 317 g/mol. The smallest absolute Gasteiger partial charge is 0.208 e. The molecule has 1 aromatic rings. The Balaban J connectivity index is 2.96. The van der Waals surface area contributed by atoms with Crippen molar-refractivity contribution in [3.8, 4) is 0 Å². The molecule has 1 N–H and O–H groups in total. The van der Waals surface area contributed by atoms with E-state index in [1.54, 1.807) is 13.8 Å². The SMILES string of the molecule is CC(Cl)CC(C)NS(=O)(=O)c1cc(Cl)ccc1Cl. The van der Waals surface area contributed by atoms with Crippen LogP contribution in [0.1, 0.15) is 20.3 Å². The Morgan fingerprint density at radius 2 is 1.89 bits per heavy atom. The highest BCUT2D eigenvalue weighted by atomic mass is 35.5. The van der Waals surface area contributed by atoms with E-state index in [9.17, 15) is 8.42 Å². The van der Waals surface area contributed by atoms with Gasteiger partial charge in [-0.25, -0.2) is 13.1 Å². The average Bonchev–Trinajstić information content (AvgIpc) is 2.19. The third kappa shape index (κ3) is 4.59. The van der Waals surface area contributed by atoms with E-state index in [1.807, 2.05) is 0 Å². The van der Waals surface area contributed by atoms with Gasteiger partial charge in [-0.1, -0.05) is 23.2 Å². The van der Waals surface area contributed by atoms with Crippen molar-refractivity contribution in [1.29, 1.82) is 0 Å². The zero-order valence-corrected chi connectivity index (χ0v) is 13.0. The molecule has 2 atom stereocenters. The summed E-state index contributed by atoms with van der Waals surface area (Å²) >= 11 is 17.5. The van der Waals surface area contributed by atoms with Gasteiger partial charge in [0.25, 0.3) is 0 Å². The second-order valence-corrected chi connectivity index (χ2v) is 7.38. The molecule has 1 rings (SSSR count). The van der Waals surface area contributed by atoms with Crippen LogP contribution in [0.4, 0.5) is 0 Å². The van der Waals surface area contributed by atoms with Crippen LogP contribution in [0.15, 0.2) is 23.1 Å². The summed E-state index contributed by atoms with van der Waals surface area (Å²) in [6.45, 7) is 3.55. The van der Waals surface area contributed by atoms with Crippen LogP contribution >= 0.6 is 34.8 Å². The number of hydrogen-bond acceptors (Lipinski definition) is 2. The molecule has 0 radical (unpaired) electrons. The molecule has 0 bridgehead atoms. The minimum absolute atomic E-state index is 0.0225. The van der Waals surface area contributed by atoms with Gasteiger partial charge in [0, 0.05) is 16.4 Å². The molecule has 0 aromatic heterocycles. The summed E-state index contributed by atoms with van der Waals surface area (Å²) in [5, 5.41) is 0.341. The minimum Gasteiger partial charge on any atom is -0.208 e. The first kappa shape index (κ1) is 16.1. The Morgan fingerprint density at radius 3 is 2.44 bits per heavy atom. The normalized spacial score (nSPS) is 15.4. The number of rotatable bonds is 5. The number of nitrogens with one attached hydrogen (secondary N) is 1. The Kier molecular flexibility index (Phi) is 5.74. The largest absolute Gasteiger partial charge is 0.242 e. The van der Waals surface area contributed by atoms with Crippen molar-refractivity contribution in [3.05, 3.63) is 28.2 Å². The predicted octanol–water partition coefficient (Wildman–Crippen LogP) is 3.68. The van der Waals surface area contributed by atoms with Crippen molar-refractivity contribution in [2.24, 2.45) is 0 Å². The topological polar surface area (TPSA) is 46.2 Å². The summed E-state index contributed by atoms with van der Waals surface area (Å²) in [4.78, 5) is -0.0225. The number of hydrogen-bond donors (Lipinski definition) is 1. The van der Waals surface area contributed by atoms with E-state index < -0.39 is 10.0 Å². The van der Waals surface area contributed by atoms with Crippen LogP contribution in [0.2, 0.25) is 10.0 Å². The van der Waals surface area contributed by atoms with Crippen molar-refractivity contribution < 1.29 is 8.42 Å². The van der Waals surface area contributed by atoms with Gasteiger partial charge in [0.05, 0.1) is 5.02 Å². The molecule has 102 valence electrons. The number of halogens is 3. The van der Waals surface area contributed by atoms with Crippen LogP contribution in [0.25, 0.3) is 0 Å². The summed E-state index contributed by atoms with van der Waals surface area (Å²) < 4.78 is 26.7. The Labute approximate surface area is 122 Å². The maximum Gasteiger partial charge on any atom is 0.242 e. The van der Waals surface area contributed by atoms with Crippen LogP contribution in [0, 0.1) is 0 Å². The molecule has 0 aliphatic carbocycles. The molecule has 0 saturated heterocycles. The first-order chi connectivity index (χ1) is 8.22. The summed E-state index contributed by atoms with van der Waals surface area (Å²) in [5.41, 5.74) is 0. The third-order valence-electron chi connectivity index (χ3n) is 2.22. The lowest BCUT2D eigenvalue weighted by Gasteiger charge is -2.16. The van der Waals surface area contributed by atoms with Crippen molar-refractivity contribution in [1.82, 2.24) is 4.72 Å². The molecule has 18 heavy (non-hydrogen) atoms. The van der Waals surface area contributed by atoms with E-state index in [0.29, 0.717) is 11.4 Å². The zero-order valence-electron chi connectivity index (χ0n) is 9.95. The zero-order chi connectivity index (χ0) is 13.9. The highest BCUT2D eigenvalue weighted by Crippen LogP contribution is 2.25. The Hall–Kier alpha value is -0.000000000000000111. The molecule has 0 fully saturated rings. The van der Waals surface area contributed by atoms with Crippen LogP contribution in [-0.2, 0) is 10.0 Å². The minimum atomic E-state index is -3.68. The highest BCUT2D eigenvalue weighted by molar-refractivity contribution is 7.89. The molecule has 2 unspecified atom stereocenters. The second-order valence-electron chi connectivity index (χ2n) is 4.11. The standard InChI is InChI=1S/C11H14Cl3NO2S/c1-7(12)5-8(2)15-18(16,17)11-6-9(13)3-4-10(11)14/h3-4,6-8,15H,5H2,1-2H3. The lowest BCUT2D eigenvalue weighted by atomic mass is 10.2. The maximum atomic E-state index is 12.1. The van der Waals surface area contributed by atoms with Gasteiger partial charge < -0.3 is 0 Å². The molecule has 0 aliphatic heterocycles. The molecule has 0 saturated carbocycles. The number of alkyl halides is 1. The molecule has 7 heteroatoms. The van der Waals surface area contributed by atoms with Gasteiger partial charge >= 0.3 is 0 Å². The maximum absolute atomic E-state index is 12.1. The molecule has 0 spiro atoms. The second kappa shape index (κ2) is 6.44. The summed E-state index contributed by atoms with van der Waals surface area (Å²) in [7, 11) is -3.68. The van der Waals surface area contributed by atoms with E-state index in [4.69, 9.17) is 34.8 Å². The highest BCUT2D eigenvalue weighted by Gasteiger charge is 2.21. The third-order valence-corrected chi connectivity index (χ3v) is 4.70. The van der Waals surface area contributed by atoms with Crippen LogP contribution in [0.3, 0.4) is 0 Å². The van der Waals surface area contributed by atoms with Gasteiger partial charge in [0.2, 0.25) is 10.0 Å². The lowest BCUT2D eigenvalue weighted by Crippen LogP contribution is -2.34. The van der Waals surface area contributed by atoms with Crippen molar-refractivity contribution in [2.75, 3.05) is 0 Å². The number of benzene rings is 1. The van der Waals surface area contributed by atoms with E-state index in [2.05, 4.69) is 4.72 Å². The van der Waals surface area contributed by atoms with Crippen LogP contribution in [-0.4, -0.2) is 19.8 Å². The molecule has 0 amide bonds. The van der Waals surface area contributed by atoms with E-state index in [0.717, 1.165) is 0 Å². The summed E-state index contributed by atoms with van der Waals surface area (Å²) in [6.07, 6.45) is 0.527. The molecule has 1 aromatic carbocycles. The van der Waals surface area contributed by atoms with Crippen molar-refractivity contribution in [2.45, 2.75) is 36.6 Å². The first-order valence-electron chi connectivity index (χ1n) is 5.34. The van der Waals surface area contributed by atoms with Crippen LogP contribution < -0.4 is 4.72 Å². The molecular formula is C11H14Cl3NO2S. The first-order valence-corrected chi connectivity index (χ1v) is 8.01. The van der Waals surface area contributed by atoms with Crippen molar-refractivity contribution >= 4 is 44.8 Å². The van der Waals surface area contributed by atoms with E-state index >= 15 is 0 Å². The fourth-order valence-electron chi connectivity index (χ4n) is 1.55. The predicted molar refractivity (Wildman–Crippen MR) is 76.2 cm³/mol. The van der Waals surface area contributed by atoms with Gasteiger partial charge in [-0.3, -0.25) is 0 Å². The molecule has 0 heterocycles. The Bertz CT molecular complexity index is 517. The van der Waals surface area contributed by atoms with Gasteiger partial charge in [0.15, 0.2) is 0 Å². The summed E-state index contributed by atoms with van der Waals surface area (Å²) in [5.74, 6) is 0. The average molecular weight is 331 g/mol. The van der Waals surface area contributed by atoms with Gasteiger partial charge in [-0.2, -0.15) is 0 Å². The number of sulfonamides is 1. The van der Waals surface area contributed by atoms with Crippen molar-refractivity contribution in [3.63, 3.8) is 0 Å². The lowest BCUT2D eigenvalue weighted by molar-refractivity contribution is 0.545. The van der Waals surface area contributed by atoms with E-state index in [1.165, 1.54) is 18.2 Å². The summed E-state index contributed by atoms with van der Waals surface area (Å²) in [6, 6.07) is 4.03. The quantitative estimate of drug-likeness (QED) is 0.837. The monoisotopic (exact) mass is 329 g/mol. The molecule has 0 aliphatic rings. The fraction of sp³-hybridized carbons (Fsp3) is 0.455. The van der Waals surface area contributed by atoms with Crippen LogP contribution in [0.5, 0.6) is 0 Å². The fourth-order valence-corrected chi connectivity index (χ4v) is 3.83. The molecule has 3 nitrogen and oxygen atoms in total. The van der Waals surface area contributed by atoms with E-state index in [-0.39, 0.29) is 21.3 Å². The van der Waals surface area contributed by atoms with Gasteiger partial charge in [-0.15, -0.1) is 11.6 Å². The van der Waals surface area contributed by atoms with Gasteiger partial charge in [-0.05, 0) is 38.5 Å². The van der Waals surface area contributed by atoms with Gasteiger partial charge in [0.1, 0.15) is 4.90 Å². The Morgan fingerprint density at radius 1 is 1.28 bits per heavy atom.